The number of aliphatic hydroxyl groups excluding tert-OH is 10. The predicted molar refractivity (Wildman–Crippen MR) is 288 cm³/mol. The molecule has 2 amide bonds. The van der Waals surface area contributed by atoms with E-state index in [4.69, 9.17) is 28.4 Å². The highest BCUT2D eigenvalue weighted by Crippen LogP contribution is 2.74. The molecule has 82 heavy (non-hydrogen) atoms. The lowest BCUT2D eigenvalue weighted by Crippen LogP contribution is -2.67. The molecule has 23 nitrogen and oxygen atoms in total. The number of aliphatic carboxylic acids is 1. The second-order valence-electron chi connectivity index (χ2n) is 26.4. The molecule has 23 heteroatoms. The van der Waals surface area contributed by atoms with Crippen molar-refractivity contribution in [2.75, 3.05) is 33.0 Å². The summed E-state index contributed by atoms with van der Waals surface area (Å²) >= 11 is 0. The van der Waals surface area contributed by atoms with Crippen LogP contribution in [0.15, 0.2) is 42.5 Å². The number of amides is 2. The first-order valence-corrected chi connectivity index (χ1v) is 29.2. The van der Waals surface area contributed by atoms with E-state index < -0.39 is 176 Å². The summed E-state index contributed by atoms with van der Waals surface area (Å²) in [5.74, 6) is -4.14. The normalized spacial score (nSPS) is 41.9. The van der Waals surface area contributed by atoms with Crippen molar-refractivity contribution in [2.45, 2.75) is 222 Å². The van der Waals surface area contributed by atoms with Crippen molar-refractivity contribution in [2.24, 2.45) is 39.4 Å². The van der Waals surface area contributed by atoms with E-state index in [1.165, 1.54) is 4.90 Å². The fourth-order valence-corrected chi connectivity index (χ4v) is 15.5. The number of nitrogens with zero attached hydrogens (tertiary/aromatic N) is 1. The van der Waals surface area contributed by atoms with Crippen LogP contribution in [-0.2, 0) is 54.0 Å². The van der Waals surface area contributed by atoms with E-state index in [0.717, 1.165) is 6.42 Å². The van der Waals surface area contributed by atoms with E-state index in [-0.39, 0.29) is 36.1 Å². The average Bonchev–Trinajstić information content (AvgIpc) is 1.58. The van der Waals surface area contributed by atoms with E-state index in [2.05, 4.69) is 18.8 Å². The SMILES string of the molecule is C=C1C[C@@]23CC[C@H]4[C@@](C)(CCC[C@@]4(C)C(=O)N(CCC(C)(C)C)[C@@H](CC(=O)O)C(=O)NC(Cc4ccccc4)C(=O)CO)[C@@H]2CC[C@]1(O[C@@H]1O[C@H](CO)[C@@H](O)[C@H](O[C@@H]2O[C@H](CO)[C@@H](C)[C@H](O)[C@H]2O)[C@H]1O[C@@H]1O[C@H](CO)[C@@H](O)[C@H](O)[C@H]1O)C3. The number of carboxylic acids is 1. The van der Waals surface area contributed by atoms with Crippen LogP contribution in [0.2, 0.25) is 0 Å². The van der Waals surface area contributed by atoms with Crippen LogP contribution in [0.25, 0.3) is 0 Å². The van der Waals surface area contributed by atoms with Gasteiger partial charge < -0.3 is 94.8 Å². The summed E-state index contributed by atoms with van der Waals surface area (Å²) in [6.45, 7) is 13.3. The number of carboxylic acid groups (broad SMARTS) is 1. The van der Waals surface area contributed by atoms with Gasteiger partial charge >= 0.3 is 5.97 Å². The molecule has 2 bridgehead atoms. The minimum atomic E-state index is -1.95. The highest BCUT2D eigenvalue weighted by Gasteiger charge is 2.70. The number of carbonyl (C=O) groups excluding carboxylic acids is 3. The van der Waals surface area contributed by atoms with Crippen molar-refractivity contribution < 1.29 is 104 Å². The summed E-state index contributed by atoms with van der Waals surface area (Å²) in [7, 11) is 0. The second kappa shape index (κ2) is 25.4. The minimum Gasteiger partial charge on any atom is -0.481 e. The van der Waals surface area contributed by atoms with Gasteiger partial charge in [-0.2, -0.15) is 0 Å². The summed E-state index contributed by atoms with van der Waals surface area (Å²) < 4.78 is 37.8. The lowest BCUT2D eigenvalue weighted by molar-refractivity contribution is -0.398. The Balaban J connectivity index is 1.09. The number of hydrogen-bond acceptors (Lipinski definition) is 20. The van der Waals surface area contributed by atoms with Crippen molar-refractivity contribution in [1.82, 2.24) is 10.2 Å². The zero-order valence-electron chi connectivity index (χ0n) is 48.0. The second-order valence-corrected chi connectivity index (χ2v) is 26.4. The Bertz CT molecular complexity index is 2410. The van der Waals surface area contributed by atoms with Crippen molar-refractivity contribution >= 4 is 23.6 Å². The molecule has 7 aliphatic rings. The van der Waals surface area contributed by atoms with E-state index in [1.54, 1.807) is 37.3 Å². The third kappa shape index (κ3) is 12.5. The topological polar surface area (TPSA) is 361 Å². The third-order valence-electron chi connectivity index (χ3n) is 20.0. The fourth-order valence-electron chi connectivity index (χ4n) is 15.5. The summed E-state index contributed by atoms with van der Waals surface area (Å²) in [5, 5.41) is 121. The predicted octanol–water partition coefficient (Wildman–Crippen LogP) is 0.215. The zero-order chi connectivity index (χ0) is 60.0. The van der Waals surface area contributed by atoms with Gasteiger partial charge in [-0.3, -0.25) is 19.2 Å². The molecule has 1 unspecified atom stereocenters. The van der Waals surface area contributed by atoms with Crippen LogP contribution in [0.3, 0.4) is 0 Å². The molecular weight excluding hydrogens is 1070 g/mol. The molecule has 8 rings (SSSR count). The molecule has 1 spiro atoms. The molecular formula is C59H90N2O21. The van der Waals surface area contributed by atoms with Gasteiger partial charge in [0, 0.05) is 17.9 Å². The Hall–Kier alpha value is -3.60. The van der Waals surface area contributed by atoms with Gasteiger partial charge in [-0.15, -0.1) is 0 Å². The maximum absolute atomic E-state index is 15.9. The van der Waals surface area contributed by atoms with E-state index in [0.29, 0.717) is 68.9 Å². The molecule has 0 aromatic heterocycles. The number of nitrogens with one attached hydrogen (secondary N) is 1. The Labute approximate surface area is 478 Å². The molecule has 23 atom stereocenters. The molecule has 0 radical (unpaired) electrons. The van der Waals surface area contributed by atoms with Gasteiger partial charge in [-0.05, 0) is 103 Å². The largest absolute Gasteiger partial charge is 0.481 e. The number of hydrogen-bond donors (Lipinski definition) is 12. The van der Waals surface area contributed by atoms with Crippen LogP contribution in [0.4, 0.5) is 0 Å². The van der Waals surface area contributed by atoms with Crippen molar-refractivity contribution in [1.29, 1.82) is 0 Å². The maximum atomic E-state index is 15.9. The highest BCUT2D eigenvalue weighted by molar-refractivity contribution is 5.96. The number of aliphatic hydroxyl groups is 10. The summed E-state index contributed by atoms with van der Waals surface area (Å²) in [4.78, 5) is 57.9. The highest BCUT2D eigenvalue weighted by atomic mass is 16.8. The minimum absolute atomic E-state index is 0.0127. The van der Waals surface area contributed by atoms with Crippen LogP contribution in [0.5, 0.6) is 0 Å². The Morgan fingerprint density at radius 3 is 1.98 bits per heavy atom. The first-order valence-electron chi connectivity index (χ1n) is 29.2. The molecule has 3 saturated heterocycles. The van der Waals surface area contributed by atoms with Gasteiger partial charge in [0.1, 0.15) is 67.6 Å². The smallest absolute Gasteiger partial charge is 0.305 e. The molecule has 4 aliphatic carbocycles. The molecule has 1 aromatic rings. The van der Waals surface area contributed by atoms with Gasteiger partial charge in [0.25, 0.3) is 0 Å². The van der Waals surface area contributed by atoms with Crippen LogP contribution in [0, 0.1) is 39.4 Å². The number of rotatable bonds is 21. The number of benzene rings is 1. The number of ether oxygens (including phenoxy) is 6. The number of Topliss-reactive ketones (excluding diaryl/α,β-unsaturated/α-hetero) is 1. The molecule has 4 saturated carbocycles. The Morgan fingerprint density at radius 1 is 0.756 bits per heavy atom. The van der Waals surface area contributed by atoms with Crippen molar-refractivity contribution in [3.63, 3.8) is 0 Å². The number of fused-ring (bicyclic) bond motifs is 3. The summed E-state index contributed by atoms with van der Waals surface area (Å²) in [5.41, 5.74) is -2.10. The summed E-state index contributed by atoms with van der Waals surface area (Å²) in [6.07, 6.45) is -18.4. The van der Waals surface area contributed by atoms with Crippen molar-refractivity contribution in [3.05, 3.63) is 48.0 Å². The monoisotopic (exact) mass is 1160 g/mol. The van der Waals surface area contributed by atoms with Crippen LogP contribution in [0.1, 0.15) is 118 Å². The number of carbonyl (C=O) groups is 4. The van der Waals surface area contributed by atoms with Gasteiger partial charge in [0.05, 0.1) is 50.1 Å². The average molecular weight is 1160 g/mol. The lowest BCUT2D eigenvalue weighted by atomic mass is 9.40. The Morgan fingerprint density at radius 2 is 1.35 bits per heavy atom. The molecule has 462 valence electrons. The summed E-state index contributed by atoms with van der Waals surface area (Å²) in [6, 6.07) is 6.20. The van der Waals surface area contributed by atoms with Crippen LogP contribution in [-0.4, -0.2) is 221 Å². The molecule has 12 N–H and O–H groups in total. The number of ketones is 1. The fraction of sp³-hybridized carbons (Fsp3) is 0.797. The lowest BCUT2D eigenvalue weighted by Gasteiger charge is -2.64. The molecule has 3 heterocycles. The first-order chi connectivity index (χ1) is 38.6. The van der Waals surface area contributed by atoms with Crippen LogP contribution >= 0.6 is 0 Å². The van der Waals surface area contributed by atoms with Gasteiger partial charge in [0.15, 0.2) is 24.7 Å². The van der Waals surface area contributed by atoms with Gasteiger partial charge in [0.2, 0.25) is 11.8 Å². The first kappa shape index (κ1) is 64.4. The standard InChI is InChI=1S/C59H90N2O21/c1-30-24-58-18-14-39-56(6,16-11-17-57(39,7)54(76)61(21-20-55(3,4)5)34(23-41(67)68)50(75)60-33(35(66)25-62)22-32-12-9-8-10-13-32)40(58)15-19-59(30,29-58)82-53-49(81-52-47(74)45(72)43(70)37(27-64)78-52)48(44(71)38(28-65)79-53)80-51-46(73)42(69)31(2)36(26-63)77-51/h8-10,12-13,31,33-34,36-40,42-49,51-53,62-65,69-74H,1,11,14-29H2,2-7H3,(H,60,75)(H,67,68)/t31-,33?,34+,36-,37-,38-,39+,40+,42+,43-,44-,45+,46-,47-,48+,49-,51+,52+,53+,56-,57-,58-,59+/m1/s1. The van der Waals surface area contributed by atoms with E-state index in [9.17, 15) is 70.6 Å². The molecule has 7 fully saturated rings. The molecule has 1 aromatic carbocycles. The third-order valence-corrected chi connectivity index (χ3v) is 20.0. The van der Waals surface area contributed by atoms with Crippen molar-refractivity contribution in [3.8, 4) is 0 Å². The van der Waals surface area contributed by atoms with E-state index >= 15 is 4.79 Å². The maximum Gasteiger partial charge on any atom is 0.305 e. The van der Waals surface area contributed by atoms with Crippen LogP contribution < -0.4 is 5.32 Å². The van der Waals surface area contributed by atoms with Gasteiger partial charge in [-0.1, -0.05) is 84.9 Å². The quantitative estimate of drug-likeness (QED) is 0.0578. The molecule has 3 aliphatic heterocycles. The van der Waals surface area contributed by atoms with Gasteiger partial charge in [-0.25, -0.2) is 0 Å². The Kier molecular flexibility index (Phi) is 19.9. The van der Waals surface area contributed by atoms with E-state index in [1.807, 2.05) is 27.7 Å². The zero-order valence-corrected chi connectivity index (χ0v) is 48.0.